The van der Waals surface area contributed by atoms with E-state index < -0.39 is 0 Å². The number of aryl methyl sites for hydroxylation is 1. The van der Waals surface area contributed by atoms with Gasteiger partial charge in [-0.15, -0.1) is 0 Å². The fourth-order valence-corrected chi connectivity index (χ4v) is 4.93. The minimum absolute atomic E-state index is 0.207. The number of amides is 1. The SMILES string of the molecule is CCCCOC(=O)N1CCN(Cc2ccc(C=Cc3cncc(C#N)c3Nc3ccc4[nH]ccc4c3C)nc2)CC1. The molecule has 0 unspecified atom stereocenters. The van der Waals surface area contributed by atoms with Crippen LogP contribution >= 0.6 is 0 Å². The standard InChI is InChI=1S/C32H35N7O2/c1-3-4-17-41-32(40)39-15-13-38(14-16-39)22-24-5-7-27(36-19-24)8-6-25-20-34-21-26(18-33)31(25)37-29-9-10-30-28(23(29)2)11-12-35-30/h5-12,19-21,35H,3-4,13-17,22H2,1-2H3,(H,34,37). The van der Waals surface area contributed by atoms with Crippen LogP contribution in [0, 0.1) is 18.3 Å². The number of nitriles is 1. The maximum absolute atomic E-state index is 12.2. The van der Waals surface area contributed by atoms with Crippen LogP contribution in [-0.2, 0) is 11.3 Å². The zero-order valence-electron chi connectivity index (χ0n) is 23.6. The summed E-state index contributed by atoms with van der Waals surface area (Å²) in [5.74, 6) is 0. The van der Waals surface area contributed by atoms with Crippen molar-refractivity contribution in [1.29, 1.82) is 5.26 Å². The number of fused-ring (bicyclic) bond motifs is 1. The Hall–Kier alpha value is -4.68. The van der Waals surface area contributed by atoms with Gasteiger partial charge in [-0.2, -0.15) is 5.26 Å². The maximum atomic E-state index is 12.2. The van der Waals surface area contributed by atoms with Gasteiger partial charge in [0.1, 0.15) is 6.07 Å². The molecule has 210 valence electrons. The first-order valence-corrected chi connectivity index (χ1v) is 14.0. The first kappa shape index (κ1) is 27.9. The van der Waals surface area contributed by atoms with E-state index in [9.17, 15) is 10.1 Å². The molecule has 0 aliphatic carbocycles. The molecule has 1 saturated heterocycles. The van der Waals surface area contributed by atoms with E-state index in [1.807, 2.05) is 42.7 Å². The van der Waals surface area contributed by atoms with Crippen molar-refractivity contribution in [3.05, 3.63) is 83.1 Å². The van der Waals surface area contributed by atoms with Crippen molar-refractivity contribution in [2.24, 2.45) is 0 Å². The lowest BCUT2D eigenvalue weighted by molar-refractivity contribution is 0.0737. The second-order valence-corrected chi connectivity index (χ2v) is 10.2. The molecule has 3 aromatic heterocycles. The Labute approximate surface area is 240 Å². The predicted molar refractivity (Wildman–Crippen MR) is 162 cm³/mol. The average molecular weight is 550 g/mol. The highest BCUT2D eigenvalue weighted by Crippen LogP contribution is 2.31. The minimum Gasteiger partial charge on any atom is -0.449 e. The normalized spacial score (nSPS) is 13.9. The Balaban J connectivity index is 1.22. The number of anilines is 2. The summed E-state index contributed by atoms with van der Waals surface area (Å²) in [7, 11) is 0. The topological polar surface area (TPSA) is 110 Å². The highest BCUT2D eigenvalue weighted by molar-refractivity contribution is 5.90. The number of pyridine rings is 2. The van der Waals surface area contributed by atoms with E-state index in [-0.39, 0.29) is 6.09 Å². The van der Waals surface area contributed by atoms with Gasteiger partial charge in [-0.3, -0.25) is 14.9 Å². The van der Waals surface area contributed by atoms with Crippen LogP contribution in [0.3, 0.4) is 0 Å². The summed E-state index contributed by atoms with van der Waals surface area (Å²) in [6.45, 7) is 8.37. The Morgan fingerprint density at radius 2 is 1.98 bits per heavy atom. The van der Waals surface area contributed by atoms with Gasteiger partial charge in [0.2, 0.25) is 0 Å². The number of nitrogens with zero attached hydrogens (tertiary/aromatic N) is 5. The number of H-pyrrole nitrogens is 1. The van der Waals surface area contributed by atoms with Crippen molar-refractivity contribution in [2.45, 2.75) is 33.2 Å². The molecule has 0 bridgehead atoms. The van der Waals surface area contributed by atoms with Crippen molar-refractivity contribution < 1.29 is 9.53 Å². The number of unbranched alkanes of at least 4 members (excludes halogenated alkanes) is 1. The lowest BCUT2D eigenvalue weighted by Crippen LogP contribution is -2.48. The summed E-state index contributed by atoms with van der Waals surface area (Å²) in [6, 6.07) is 12.4. The number of hydrogen-bond donors (Lipinski definition) is 2. The van der Waals surface area contributed by atoms with Crippen LogP contribution in [0.25, 0.3) is 23.1 Å². The second kappa shape index (κ2) is 13.1. The number of aromatic nitrogens is 3. The highest BCUT2D eigenvalue weighted by atomic mass is 16.6. The molecule has 2 N–H and O–H groups in total. The third kappa shape index (κ3) is 6.73. The molecule has 0 atom stereocenters. The number of carbonyl (C=O) groups is 1. The van der Waals surface area contributed by atoms with Gasteiger partial charge in [0, 0.05) is 79.7 Å². The van der Waals surface area contributed by atoms with Gasteiger partial charge in [-0.05, 0) is 60.9 Å². The number of hydrogen-bond acceptors (Lipinski definition) is 7. The van der Waals surface area contributed by atoms with Crippen molar-refractivity contribution in [3.63, 3.8) is 0 Å². The minimum atomic E-state index is -0.207. The summed E-state index contributed by atoms with van der Waals surface area (Å²) in [5.41, 5.74) is 7.02. The third-order valence-electron chi connectivity index (χ3n) is 7.40. The van der Waals surface area contributed by atoms with E-state index in [0.29, 0.717) is 30.9 Å². The molecule has 41 heavy (non-hydrogen) atoms. The highest BCUT2D eigenvalue weighted by Gasteiger charge is 2.22. The molecule has 4 heterocycles. The zero-order chi connectivity index (χ0) is 28.6. The van der Waals surface area contributed by atoms with Crippen LogP contribution in [0.15, 0.2) is 55.1 Å². The fraction of sp³-hybridized carbons (Fsp3) is 0.312. The van der Waals surface area contributed by atoms with Gasteiger partial charge in [0.25, 0.3) is 0 Å². The molecule has 0 radical (unpaired) electrons. The summed E-state index contributed by atoms with van der Waals surface area (Å²) in [6.07, 6.45) is 12.7. The Morgan fingerprint density at radius 3 is 2.73 bits per heavy atom. The maximum Gasteiger partial charge on any atom is 0.409 e. The third-order valence-corrected chi connectivity index (χ3v) is 7.40. The van der Waals surface area contributed by atoms with Crippen molar-refractivity contribution in [3.8, 4) is 6.07 Å². The number of rotatable bonds is 9. The van der Waals surface area contributed by atoms with E-state index in [1.54, 1.807) is 17.3 Å². The van der Waals surface area contributed by atoms with E-state index in [2.05, 4.69) is 57.2 Å². The van der Waals surface area contributed by atoms with Gasteiger partial charge >= 0.3 is 6.09 Å². The van der Waals surface area contributed by atoms with Crippen LogP contribution in [0.5, 0.6) is 0 Å². The molecule has 5 rings (SSSR count). The number of ether oxygens (including phenoxy) is 1. The molecular formula is C32H35N7O2. The molecule has 1 aromatic carbocycles. The van der Waals surface area contributed by atoms with Crippen LogP contribution in [0.2, 0.25) is 0 Å². The van der Waals surface area contributed by atoms with Crippen LogP contribution < -0.4 is 5.32 Å². The molecule has 0 spiro atoms. The molecule has 1 aliphatic rings. The van der Waals surface area contributed by atoms with Crippen molar-refractivity contribution >= 4 is 40.5 Å². The van der Waals surface area contributed by atoms with Crippen molar-refractivity contribution in [1.82, 2.24) is 24.8 Å². The predicted octanol–water partition coefficient (Wildman–Crippen LogP) is 6.11. The zero-order valence-corrected chi connectivity index (χ0v) is 23.6. The molecular weight excluding hydrogens is 514 g/mol. The van der Waals surface area contributed by atoms with Gasteiger partial charge < -0.3 is 19.9 Å². The number of aromatic amines is 1. The Morgan fingerprint density at radius 1 is 1.12 bits per heavy atom. The summed E-state index contributed by atoms with van der Waals surface area (Å²) in [4.78, 5) is 28.4. The first-order valence-electron chi connectivity index (χ1n) is 14.0. The van der Waals surface area contributed by atoms with Crippen LogP contribution in [0.4, 0.5) is 16.2 Å². The quantitative estimate of drug-likeness (QED) is 0.243. The Bertz CT molecular complexity index is 1560. The molecule has 1 fully saturated rings. The van der Waals surface area contributed by atoms with Gasteiger partial charge in [0.05, 0.1) is 23.6 Å². The van der Waals surface area contributed by atoms with E-state index >= 15 is 0 Å². The van der Waals surface area contributed by atoms with Crippen molar-refractivity contribution in [2.75, 3.05) is 38.1 Å². The van der Waals surface area contributed by atoms with Gasteiger partial charge in [-0.1, -0.05) is 19.4 Å². The first-order chi connectivity index (χ1) is 20.1. The Kier molecular flexibility index (Phi) is 8.92. The van der Waals surface area contributed by atoms with Crippen LogP contribution in [0.1, 0.15) is 47.7 Å². The van der Waals surface area contributed by atoms with E-state index in [4.69, 9.17) is 4.74 Å². The van der Waals surface area contributed by atoms with Gasteiger partial charge in [0.15, 0.2) is 0 Å². The number of nitrogens with one attached hydrogen (secondary N) is 2. The molecule has 9 heteroatoms. The smallest absolute Gasteiger partial charge is 0.409 e. The molecule has 9 nitrogen and oxygen atoms in total. The largest absolute Gasteiger partial charge is 0.449 e. The molecule has 1 aliphatic heterocycles. The summed E-state index contributed by atoms with van der Waals surface area (Å²) in [5, 5.41) is 14.4. The van der Waals surface area contributed by atoms with Gasteiger partial charge in [-0.25, -0.2) is 4.79 Å². The molecule has 1 amide bonds. The van der Waals surface area contributed by atoms with E-state index in [1.165, 1.54) is 0 Å². The summed E-state index contributed by atoms with van der Waals surface area (Å²) >= 11 is 0. The summed E-state index contributed by atoms with van der Waals surface area (Å²) < 4.78 is 5.34. The van der Waals surface area contributed by atoms with E-state index in [0.717, 1.165) is 71.5 Å². The average Bonchev–Trinajstić information content (AvgIpc) is 3.49. The van der Waals surface area contributed by atoms with Crippen LogP contribution in [-0.4, -0.2) is 63.6 Å². The number of piperazine rings is 1. The molecule has 0 saturated carbocycles. The second-order valence-electron chi connectivity index (χ2n) is 10.2. The number of benzene rings is 1. The lowest BCUT2D eigenvalue weighted by atomic mass is 10.1. The lowest BCUT2D eigenvalue weighted by Gasteiger charge is -2.34. The monoisotopic (exact) mass is 549 g/mol. The molecule has 4 aromatic rings. The fourth-order valence-electron chi connectivity index (χ4n) is 4.93. The number of carbonyl (C=O) groups excluding carboxylic acids is 1.